The first-order valence-corrected chi connectivity index (χ1v) is 5.45. The third-order valence-electron chi connectivity index (χ3n) is 2.46. The number of hydrogen-bond acceptors (Lipinski definition) is 3. The molecule has 0 aliphatic heterocycles. The van der Waals surface area contributed by atoms with Gasteiger partial charge in [-0.05, 0) is 30.9 Å². The van der Waals surface area contributed by atoms with Crippen LogP contribution in [0.25, 0.3) is 0 Å². The highest BCUT2D eigenvalue weighted by Gasteiger charge is 2.10. The van der Waals surface area contributed by atoms with Crippen molar-refractivity contribution in [1.29, 1.82) is 0 Å². The standard InChI is InChI=1S/C12H18N2O2/c1-9(5-7-15)8-14-12(16)11-10(2)4-3-6-13-11/h3-4,6,9,15H,5,7-8H2,1-2H3,(H,14,16). The summed E-state index contributed by atoms with van der Waals surface area (Å²) in [7, 11) is 0. The van der Waals surface area contributed by atoms with Crippen LogP contribution in [0.3, 0.4) is 0 Å². The molecule has 1 unspecified atom stereocenters. The van der Waals surface area contributed by atoms with Crippen molar-refractivity contribution >= 4 is 5.91 Å². The summed E-state index contributed by atoms with van der Waals surface area (Å²) < 4.78 is 0. The van der Waals surface area contributed by atoms with Gasteiger partial charge >= 0.3 is 0 Å². The van der Waals surface area contributed by atoms with Crippen molar-refractivity contribution < 1.29 is 9.90 Å². The predicted molar refractivity (Wildman–Crippen MR) is 62.2 cm³/mol. The molecule has 0 aliphatic carbocycles. The monoisotopic (exact) mass is 222 g/mol. The van der Waals surface area contributed by atoms with E-state index in [2.05, 4.69) is 10.3 Å². The summed E-state index contributed by atoms with van der Waals surface area (Å²) in [6, 6.07) is 3.67. The minimum Gasteiger partial charge on any atom is -0.396 e. The van der Waals surface area contributed by atoms with E-state index in [9.17, 15) is 4.79 Å². The Morgan fingerprint density at radius 2 is 2.38 bits per heavy atom. The van der Waals surface area contributed by atoms with Gasteiger partial charge in [0.25, 0.3) is 5.91 Å². The van der Waals surface area contributed by atoms with Gasteiger partial charge in [-0.3, -0.25) is 9.78 Å². The molecule has 88 valence electrons. The normalized spacial score (nSPS) is 12.2. The number of pyridine rings is 1. The number of nitrogens with one attached hydrogen (secondary N) is 1. The number of carbonyl (C=O) groups is 1. The van der Waals surface area contributed by atoms with Crippen LogP contribution in [0.5, 0.6) is 0 Å². The summed E-state index contributed by atoms with van der Waals surface area (Å²) in [5.41, 5.74) is 1.34. The lowest BCUT2D eigenvalue weighted by Crippen LogP contribution is -2.29. The first-order valence-electron chi connectivity index (χ1n) is 5.45. The maximum absolute atomic E-state index is 11.7. The maximum Gasteiger partial charge on any atom is 0.270 e. The molecule has 0 spiro atoms. The lowest BCUT2D eigenvalue weighted by atomic mass is 10.1. The van der Waals surface area contributed by atoms with Gasteiger partial charge in [0.1, 0.15) is 5.69 Å². The zero-order valence-corrected chi connectivity index (χ0v) is 9.73. The minimum atomic E-state index is -0.150. The third kappa shape index (κ3) is 3.62. The summed E-state index contributed by atoms with van der Waals surface area (Å²) in [4.78, 5) is 15.8. The highest BCUT2D eigenvalue weighted by atomic mass is 16.3. The molecule has 1 atom stereocenters. The number of amides is 1. The van der Waals surface area contributed by atoms with Gasteiger partial charge < -0.3 is 10.4 Å². The molecular formula is C12H18N2O2. The molecular weight excluding hydrogens is 204 g/mol. The second kappa shape index (κ2) is 6.23. The molecule has 1 rings (SSSR count). The first kappa shape index (κ1) is 12.6. The van der Waals surface area contributed by atoms with E-state index in [1.807, 2.05) is 19.9 Å². The van der Waals surface area contributed by atoms with E-state index >= 15 is 0 Å². The average Bonchev–Trinajstić information content (AvgIpc) is 2.27. The molecule has 0 bridgehead atoms. The van der Waals surface area contributed by atoms with Crippen molar-refractivity contribution in [2.24, 2.45) is 5.92 Å². The van der Waals surface area contributed by atoms with E-state index in [0.29, 0.717) is 18.7 Å². The van der Waals surface area contributed by atoms with Crippen LogP contribution < -0.4 is 5.32 Å². The summed E-state index contributed by atoms with van der Waals surface area (Å²) >= 11 is 0. The van der Waals surface area contributed by atoms with Crippen LogP contribution in [-0.2, 0) is 0 Å². The molecule has 1 aromatic rings. The Labute approximate surface area is 95.7 Å². The summed E-state index contributed by atoms with van der Waals surface area (Å²) in [6.45, 7) is 4.57. The molecule has 0 saturated carbocycles. The fourth-order valence-electron chi connectivity index (χ4n) is 1.40. The molecule has 2 N–H and O–H groups in total. The van der Waals surface area contributed by atoms with Gasteiger partial charge in [-0.15, -0.1) is 0 Å². The lowest BCUT2D eigenvalue weighted by molar-refractivity contribution is 0.0940. The molecule has 0 aliphatic rings. The highest BCUT2D eigenvalue weighted by Crippen LogP contribution is 2.04. The van der Waals surface area contributed by atoms with Crippen LogP contribution >= 0.6 is 0 Å². The number of aromatic nitrogens is 1. The molecule has 0 aromatic carbocycles. The minimum absolute atomic E-state index is 0.150. The molecule has 1 amide bonds. The van der Waals surface area contributed by atoms with E-state index in [1.54, 1.807) is 12.3 Å². The molecule has 1 heterocycles. The van der Waals surface area contributed by atoms with Gasteiger partial charge in [-0.1, -0.05) is 13.0 Å². The molecule has 0 radical (unpaired) electrons. The largest absolute Gasteiger partial charge is 0.396 e. The molecule has 4 nitrogen and oxygen atoms in total. The zero-order chi connectivity index (χ0) is 12.0. The van der Waals surface area contributed by atoms with Crippen LogP contribution in [0.4, 0.5) is 0 Å². The van der Waals surface area contributed by atoms with Gasteiger partial charge in [0, 0.05) is 19.3 Å². The summed E-state index contributed by atoms with van der Waals surface area (Å²) in [6.07, 6.45) is 2.31. The lowest BCUT2D eigenvalue weighted by Gasteiger charge is -2.11. The van der Waals surface area contributed by atoms with E-state index in [0.717, 1.165) is 5.56 Å². The number of aliphatic hydroxyl groups is 1. The topological polar surface area (TPSA) is 62.2 Å². The second-order valence-corrected chi connectivity index (χ2v) is 4.00. The molecule has 1 aromatic heterocycles. The van der Waals surface area contributed by atoms with Gasteiger partial charge in [-0.2, -0.15) is 0 Å². The van der Waals surface area contributed by atoms with Crippen LogP contribution in [0.1, 0.15) is 29.4 Å². The van der Waals surface area contributed by atoms with Crippen molar-refractivity contribution in [3.63, 3.8) is 0 Å². The first-order chi connectivity index (χ1) is 7.65. The van der Waals surface area contributed by atoms with Gasteiger partial charge in [0.15, 0.2) is 0 Å². The number of aryl methyl sites for hydroxylation is 1. The number of carbonyl (C=O) groups excluding carboxylic acids is 1. The number of aliphatic hydroxyl groups excluding tert-OH is 1. The molecule has 0 saturated heterocycles. The summed E-state index contributed by atoms with van der Waals surface area (Å²) in [5.74, 6) is 0.126. The van der Waals surface area contributed by atoms with Crippen LogP contribution in [-0.4, -0.2) is 29.1 Å². The van der Waals surface area contributed by atoms with Gasteiger partial charge in [0.05, 0.1) is 0 Å². The Kier molecular flexibility index (Phi) is 4.92. The number of rotatable bonds is 5. The fourth-order valence-corrected chi connectivity index (χ4v) is 1.40. The van der Waals surface area contributed by atoms with Crippen molar-refractivity contribution in [3.8, 4) is 0 Å². The Morgan fingerprint density at radius 3 is 3.00 bits per heavy atom. The van der Waals surface area contributed by atoms with Crippen molar-refractivity contribution in [2.45, 2.75) is 20.3 Å². The molecule has 16 heavy (non-hydrogen) atoms. The predicted octanol–water partition coefficient (Wildman–Crippen LogP) is 1.14. The van der Waals surface area contributed by atoms with Gasteiger partial charge in [-0.25, -0.2) is 0 Å². The fraction of sp³-hybridized carbons (Fsp3) is 0.500. The second-order valence-electron chi connectivity index (χ2n) is 4.00. The molecule has 0 fully saturated rings. The zero-order valence-electron chi connectivity index (χ0n) is 9.73. The van der Waals surface area contributed by atoms with E-state index < -0.39 is 0 Å². The van der Waals surface area contributed by atoms with Crippen molar-refractivity contribution in [1.82, 2.24) is 10.3 Å². The van der Waals surface area contributed by atoms with Crippen molar-refractivity contribution in [3.05, 3.63) is 29.6 Å². The Hall–Kier alpha value is -1.42. The number of nitrogens with zero attached hydrogens (tertiary/aromatic N) is 1. The number of hydrogen-bond donors (Lipinski definition) is 2. The smallest absolute Gasteiger partial charge is 0.270 e. The van der Waals surface area contributed by atoms with Crippen molar-refractivity contribution in [2.75, 3.05) is 13.2 Å². The maximum atomic E-state index is 11.7. The Bertz CT molecular complexity index is 353. The third-order valence-corrected chi connectivity index (χ3v) is 2.46. The Balaban J connectivity index is 2.50. The van der Waals surface area contributed by atoms with E-state index in [4.69, 9.17) is 5.11 Å². The van der Waals surface area contributed by atoms with Crippen LogP contribution in [0, 0.1) is 12.8 Å². The van der Waals surface area contributed by atoms with Crippen LogP contribution in [0.15, 0.2) is 18.3 Å². The SMILES string of the molecule is Cc1cccnc1C(=O)NCC(C)CCO. The molecule has 4 heteroatoms. The quantitative estimate of drug-likeness (QED) is 0.785. The summed E-state index contributed by atoms with van der Waals surface area (Å²) in [5, 5.41) is 11.5. The average molecular weight is 222 g/mol. The van der Waals surface area contributed by atoms with Gasteiger partial charge in [0.2, 0.25) is 0 Å². The Morgan fingerprint density at radius 1 is 1.62 bits per heavy atom. The van der Waals surface area contributed by atoms with E-state index in [1.165, 1.54) is 0 Å². The van der Waals surface area contributed by atoms with E-state index in [-0.39, 0.29) is 18.4 Å². The van der Waals surface area contributed by atoms with Crippen LogP contribution in [0.2, 0.25) is 0 Å². The highest BCUT2D eigenvalue weighted by molar-refractivity contribution is 5.93.